The first-order chi connectivity index (χ1) is 40.7. The summed E-state index contributed by atoms with van der Waals surface area (Å²) in [6.45, 7) is 15.8. The number of carbonyl (C=O) groups is 3. The maximum absolute atomic E-state index is 15.2. The van der Waals surface area contributed by atoms with Crippen molar-refractivity contribution in [2.75, 3.05) is 57.9 Å². The molecule has 0 spiro atoms. The predicted octanol–water partition coefficient (Wildman–Crippen LogP) is 12.4. The molecule has 0 saturated carbocycles. The van der Waals surface area contributed by atoms with Gasteiger partial charge in [0.15, 0.2) is 21.4 Å². The van der Waals surface area contributed by atoms with Gasteiger partial charge in [0.1, 0.15) is 0 Å². The van der Waals surface area contributed by atoms with Crippen LogP contribution in [0.2, 0.25) is 0 Å². The quantitative estimate of drug-likeness (QED) is 0.0212. The molecule has 0 radical (unpaired) electrons. The van der Waals surface area contributed by atoms with Crippen molar-refractivity contribution >= 4 is 71.0 Å². The van der Waals surface area contributed by atoms with Crippen molar-refractivity contribution in [3.05, 3.63) is 182 Å². The highest BCUT2D eigenvalue weighted by Crippen LogP contribution is 2.46. The first-order valence-corrected chi connectivity index (χ1v) is 36.3. The molecule has 0 bridgehead atoms. The Morgan fingerprint density at radius 3 is 0.702 bits per heavy atom. The molecule has 0 aliphatic carbocycles. The molecule has 0 atom stereocenters. The fraction of sp³-hybridized carbons (Fsp3) is 0.435. The molecule has 84 heavy (non-hydrogen) atoms. The van der Waals surface area contributed by atoms with Crippen LogP contribution in [-0.4, -0.2) is 114 Å². The van der Waals surface area contributed by atoms with Gasteiger partial charge in [0.2, 0.25) is 17.7 Å². The van der Waals surface area contributed by atoms with Crippen LogP contribution in [0.5, 0.6) is 0 Å². The molecule has 0 aliphatic heterocycles. The minimum Gasteiger partial charge on any atom is -0.339 e. The molecule has 6 aromatic rings. The number of hydrogen-bond donors (Lipinski definition) is 0. The van der Waals surface area contributed by atoms with E-state index in [-0.39, 0.29) is 74.2 Å². The lowest BCUT2D eigenvalue weighted by Gasteiger charge is -2.36. The molecule has 15 heteroatoms. The summed E-state index contributed by atoms with van der Waals surface area (Å²) in [5.74, 6) is -2.10. The van der Waals surface area contributed by atoms with Gasteiger partial charge in [0.05, 0.1) is 38.3 Å². The molecule has 0 heterocycles. The Bertz CT molecular complexity index is 2580. The summed E-state index contributed by atoms with van der Waals surface area (Å²) in [6, 6.07) is 55.4. The van der Waals surface area contributed by atoms with Gasteiger partial charge in [0.25, 0.3) is 5.97 Å². The van der Waals surface area contributed by atoms with Gasteiger partial charge in [-0.25, -0.2) is 0 Å². The Balaban J connectivity index is 1.22. The Kier molecular flexibility index (Phi) is 27.2. The molecule has 0 saturated heterocycles. The van der Waals surface area contributed by atoms with Crippen LogP contribution in [0.25, 0.3) is 0 Å². The normalized spacial score (nSPS) is 12.2. The highest BCUT2D eigenvalue weighted by atomic mass is 31.2. The number of rotatable bonds is 37. The molecular formula is C69H92N3O9P3. The van der Waals surface area contributed by atoms with Crippen LogP contribution in [0, 0.1) is 0 Å². The van der Waals surface area contributed by atoms with Crippen molar-refractivity contribution < 1.29 is 42.3 Å². The van der Waals surface area contributed by atoms with E-state index in [1.165, 1.54) is 0 Å². The number of carbonyl (C=O) groups excluding carboxylic acids is 3. The van der Waals surface area contributed by atoms with Gasteiger partial charge in [-0.1, -0.05) is 230 Å². The Hall–Kier alpha value is -5.70. The first kappa shape index (κ1) is 67.4. The summed E-state index contributed by atoms with van der Waals surface area (Å²) >= 11 is 0. The van der Waals surface area contributed by atoms with E-state index in [4.69, 9.17) is 14.2 Å². The summed E-state index contributed by atoms with van der Waals surface area (Å²) in [6.07, 6.45) is 5.42. The van der Waals surface area contributed by atoms with Gasteiger partial charge in [-0.2, -0.15) is 0 Å². The number of benzene rings is 6. The van der Waals surface area contributed by atoms with Gasteiger partial charge in [-0.15, -0.1) is 0 Å². The topological polar surface area (TPSA) is 140 Å². The number of hydrogen-bond acceptors (Lipinski definition) is 9. The predicted molar refractivity (Wildman–Crippen MR) is 347 cm³/mol. The molecule has 6 aromatic carbocycles. The van der Waals surface area contributed by atoms with Crippen LogP contribution in [0.4, 0.5) is 0 Å². The van der Waals surface area contributed by atoms with Crippen LogP contribution < -0.4 is 31.8 Å². The standard InChI is InChI=1S/C69H92N3O9P3/c1-8-57(9-2)70(66(73)54-82(76,60-36-21-15-22-37-60)61-38-23-16-24-39-61)48-33-51-79-69(14-7,80-52-34-49-71(58(10-3)11-4)67(74)55-83(77,62-40-25-17-26-41-62)63-42-27-18-28-43-63)81-53-35-50-72(59(12-5)13-6)68(75)56-84(78,64-44-29-19-30-45-64)65-46-31-20-32-47-65/h15-32,36-47,57-59H,8-14,33-35,48-56H2,1-7H3. The van der Waals surface area contributed by atoms with Crippen molar-refractivity contribution in [3.8, 4) is 0 Å². The average molecular weight is 1200 g/mol. The molecule has 452 valence electrons. The molecule has 0 aliphatic rings. The van der Waals surface area contributed by atoms with E-state index in [2.05, 4.69) is 41.5 Å². The maximum atomic E-state index is 15.2. The highest BCUT2D eigenvalue weighted by molar-refractivity contribution is 7.80. The lowest BCUT2D eigenvalue weighted by Crippen LogP contribution is -2.45. The summed E-state index contributed by atoms with van der Waals surface area (Å²) in [5, 5.41) is 3.82. The second-order valence-corrected chi connectivity index (χ2v) is 30.0. The van der Waals surface area contributed by atoms with Gasteiger partial charge >= 0.3 is 0 Å². The zero-order valence-corrected chi connectivity index (χ0v) is 53.5. The largest absolute Gasteiger partial charge is 0.339 e. The van der Waals surface area contributed by atoms with Gasteiger partial charge < -0.3 is 42.6 Å². The first-order valence-electron chi connectivity index (χ1n) is 30.6. The number of nitrogens with zero attached hydrogens (tertiary/aromatic N) is 3. The SMILES string of the molecule is CCC(CC)N(CCCOC(CC)(OCCCN(C(=O)CP(=O)(c1ccccc1)c1ccccc1)C(CC)CC)OCCCN(C(=O)CP(=O)(c1ccccc1)c1ccccc1)C(CC)CC)C(=O)CP(=O)(c1ccccc1)c1ccccc1. The third-order valence-corrected chi connectivity index (χ3v) is 25.2. The van der Waals surface area contributed by atoms with Crippen molar-refractivity contribution in [3.63, 3.8) is 0 Å². The summed E-state index contributed by atoms with van der Waals surface area (Å²) in [4.78, 5) is 49.6. The van der Waals surface area contributed by atoms with Crippen molar-refractivity contribution in [2.45, 2.75) is 137 Å². The van der Waals surface area contributed by atoms with Crippen molar-refractivity contribution in [1.82, 2.24) is 14.7 Å². The smallest absolute Gasteiger partial charge is 0.282 e. The second-order valence-electron chi connectivity index (χ2n) is 21.5. The Morgan fingerprint density at radius 1 is 0.345 bits per heavy atom. The number of amides is 3. The summed E-state index contributed by atoms with van der Waals surface area (Å²) < 4.78 is 65.7. The molecule has 0 N–H and O–H groups in total. The third kappa shape index (κ3) is 17.7. The van der Waals surface area contributed by atoms with E-state index < -0.39 is 27.4 Å². The molecule has 12 nitrogen and oxygen atoms in total. The zero-order chi connectivity index (χ0) is 60.4. The highest BCUT2D eigenvalue weighted by Gasteiger charge is 2.38. The van der Waals surface area contributed by atoms with E-state index in [0.717, 1.165) is 0 Å². The van der Waals surface area contributed by atoms with Gasteiger partial charge in [-0.05, 0) is 57.8 Å². The number of ether oxygens (including phenoxy) is 3. The molecule has 0 unspecified atom stereocenters. The third-order valence-electron chi connectivity index (χ3n) is 16.3. The van der Waals surface area contributed by atoms with Crippen LogP contribution in [0.15, 0.2) is 182 Å². The van der Waals surface area contributed by atoms with E-state index in [1.807, 2.05) is 204 Å². The van der Waals surface area contributed by atoms with Crippen molar-refractivity contribution in [2.24, 2.45) is 0 Å². The van der Waals surface area contributed by atoms with Gasteiger partial charge in [0, 0.05) is 76.0 Å². The molecule has 3 amide bonds. The molecule has 6 rings (SSSR count). The zero-order valence-electron chi connectivity index (χ0n) is 50.8. The lowest BCUT2D eigenvalue weighted by molar-refractivity contribution is -0.382. The summed E-state index contributed by atoms with van der Waals surface area (Å²) in [7, 11) is -10.1. The van der Waals surface area contributed by atoms with E-state index in [0.29, 0.717) is 116 Å². The van der Waals surface area contributed by atoms with E-state index in [9.17, 15) is 14.4 Å². The fourth-order valence-electron chi connectivity index (χ4n) is 11.4. The molecule has 0 aromatic heterocycles. The molecular weight excluding hydrogens is 1110 g/mol. The Labute approximate surface area is 502 Å². The molecule has 0 fully saturated rings. The maximum Gasteiger partial charge on any atom is 0.282 e. The lowest BCUT2D eigenvalue weighted by atomic mass is 10.1. The van der Waals surface area contributed by atoms with Crippen molar-refractivity contribution in [1.29, 1.82) is 0 Å². The minimum atomic E-state index is -3.36. The van der Waals surface area contributed by atoms with E-state index >= 15 is 13.7 Å². The van der Waals surface area contributed by atoms with Crippen LogP contribution in [0.3, 0.4) is 0 Å². The van der Waals surface area contributed by atoms with E-state index in [1.54, 1.807) is 0 Å². The Morgan fingerprint density at radius 2 is 0.536 bits per heavy atom. The fourth-order valence-corrected chi connectivity index (χ4v) is 19.0. The van der Waals surface area contributed by atoms with Crippen LogP contribution in [0.1, 0.15) is 113 Å². The summed E-state index contributed by atoms with van der Waals surface area (Å²) in [5.41, 5.74) is 0. The van der Waals surface area contributed by atoms with Crippen LogP contribution in [-0.2, 0) is 42.3 Å². The monoisotopic (exact) mass is 1200 g/mol. The minimum absolute atomic E-state index is 0.0917. The second kappa shape index (κ2) is 33.9. The van der Waals surface area contributed by atoms with Gasteiger partial charge in [-0.3, -0.25) is 14.4 Å². The van der Waals surface area contributed by atoms with Crippen LogP contribution >= 0.6 is 21.4 Å². The average Bonchev–Trinajstić information content (AvgIpc) is 2.53.